The second-order valence-corrected chi connectivity index (χ2v) is 5.71. The summed E-state index contributed by atoms with van der Waals surface area (Å²) in [5, 5.41) is 3.02. The minimum absolute atomic E-state index is 0.0640. The van der Waals surface area contributed by atoms with E-state index in [1.807, 2.05) is 24.3 Å². The van der Waals surface area contributed by atoms with Crippen LogP contribution in [0.3, 0.4) is 0 Å². The highest BCUT2D eigenvalue weighted by Gasteiger charge is 2.25. The second kappa shape index (κ2) is 6.65. The van der Waals surface area contributed by atoms with Crippen molar-refractivity contribution in [2.24, 2.45) is 5.92 Å². The molecular formula is C19H21NO2. The Balaban J connectivity index is 1.56. The Morgan fingerprint density at radius 2 is 1.86 bits per heavy atom. The first-order valence-corrected chi connectivity index (χ1v) is 7.82. The van der Waals surface area contributed by atoms with E-state index in [0.29, 0.717) is 13.2 Å². The van der Waals surface area contributed by atoms with Gasteiger partial charge in [0.25, 0.3) is 0 Å². The molecular weight excluding hydrogens is 274 g/mol. The molecule has 0 aliphatic carbocycles. The highest BCUT2D eigenvalue weighted by Crippen LogP contribution is 2.26. The van der Waals surface area contributed by atoms with Gasteiger partial charge in [-0.25, -0.2) is 0 Å². The monoisotopic (exact) mass is 295 g/mol. The quantitative estimate of drug-likeness (QED) is 0.941. The molecule has 0 saturated heterocycles. The van der Waals surface area contributed by atoms with Gasteiger partial charge in [0.2, 0.25) is 5.91 Å². The van der Waals surface area contributed by atoms with Crippen molar-refractivity contribution in [3.63, 3.8) is 0 Å². The van der Waals surface area contributed by atoms with Gasteiger partial charge in [0.15, 0.2) is 0 Å². The molecule has 0 radical (unpaired) electrons. The molecule has 0 unspecified atom stereocenters. The number of aryl methyl sites for hydroxylation is 1. The van der Waals surface area contributed by atoms with Crippen molar-refractivity contribution in [2.45, 2.75) is 26.3 Å². The molecule has 2 aromatic rings. The normalized spacial score (nSPS) is 16.5. The number of benzene rings is 2. The average Bonchev–Trinajstić information content (AvgIpc) is 2.59. The highest BCUT2D eigenvalue weighted by atomic mass is 16.5. The predicted molar refractivity (Wildman–Crippen MR) is 86.8 cm³/mol. The van der Waals surface area contributed by atoms with Crippen molar-refractivity contribution in [1.29, 1.82) is 0 Å². The van der Waals surface area contributed by atoms with E-state index in [4.69, 9.17) is 4.74 Å². The van der Waals surface area contributed by atoms with Crippen LogP contribution in [0, 0.1) is 5.92 Å². The van der Waals surface area contributed by atoms with Crippen molar-refractivity contribution in [3.05, 3.63) is 65.2 Å². The number of rotatable bonds is 4. The molecule has 3 rings (SSSR count). The van der Waals surface area contributed by atoms with Gasteiger partial charge in [-0.2, -0.15) is 0 Å². The SMILES string of the molecule is CCc1ccc(CNC(=O)[C@@H]2COc3ccccc3C2)cc1. The van der Waals surface area contributed by atoms with Crippen LogP contribution in [-0.2, 0) is 24.2 Å². The Morgan fingerprint density at radius 3 is 2.64 bits per heavy atom. The van der Waals surface area contributed by atoms with Gasteiger partial charge < -0.3 is 10.1 Å². The maximum absolute atomic E-state index is 12.3. The van der Waals surface area contributed by atoms with E-state index in [0.717, 1.165) is 29.7 Å². The van der Waals surface area contributed by atoms with Crippen molar-refractivity contribution >= 4 is 5.91 Å². The van der Waals surface area contributed by atoms with Crippen LogP contribution in [0.5, 0.6) is 5.75 Å². The molecule has 0 saturated carbocycles. The number of hydrogen-bond acceptors (Lipinski definition) is 2. The van der Waals surface area contributed by atoms with Gasteiger partial charge in [-0.15, -0.1) is 0 Å². The Kier molecular flexibility index (Phi) is 4.42. The van der Waals surface area contributed by atoms with Crippen LogP contribution in [0.1, 0.15) is 23.6 Å². The summed E-state index contributed by atoms with van der Waals surface area (Å²) < 4.78 is 5.68. The number of nitrogens with one attached hydrogen (secondary N) is 1. The minimum atomic E-state index is -0.107. The predicted octanol–water partition coefficient (Wildman–Crippen LogP) is 3.12. The molecule has 22 heavy (non-hydrogen) atoms. The van der Waals surface area contributed by atoms with E-state index >= 15 is 0 Å². The summed E-state index contributed by atoms with van der Waals surface area (Å²) in [4.78, 5) is 12.3. The van der Waals surface area contributed by atoms with E-state index in [2.05, 4.69) is 36.5 Å². The molecule has 1 aliphatic rings. The maximum atomic E-state index is 12.3. The number of hydrogen-bond donors (Lipinski definition) is 1. The maximum Gasteiger partial charge on any atom is 0.227 e. The molecule has 114 valence electrons. The lowest BCUT2D eigenvalue weighted by Gasteiger charge is -2.24. The van der Waals surface area contributed by atoms with E-state index in [1.165, 1.54) is 5.56 Å². The minimum Gasteiger partial charge on any atom is -0.492 e. The van der Waals surface area contributed by atoms with Crippen LogP contribution in [0.25, 0.3) is 0 Å². The van der Waals surface area contributed by atoms with Crippen LogP contribution in [-0.4, -0.2) is 12.5 Å². The van der Waals surface area contributed by atoms with E-state index in [9.17, 15) is 4.79 Å². The molecule has 0 fully saturated rings. The van der Waals surface area contributed by atoms with Crippen molar-refractivity contribution in [1.82, 2.24) is 5.32 Å². The molecule has 1 heterocycles. The van der Waals surface area contributed by atoms with Crippen LogP contribution >= 0.6 is 0 Å². The lowest BCUT2D eigenvalue weighted by Crippen LogP contribution is -2.37. The van der Waals surface area contributed by atoms with Gasteiger partial charge in [0.1, 0.15) is 12.4 Å². The Hall–Kier alpha value is -2.29. The van der Waals surface area contributed by atoms with Crippen molar-refractivity contribution < 1.29 is 9.53 Å². The van der Waals surface area contributed by atoms with Crippen LogP contribution in [0.2, 0.25) is 0 Å². The summed E-state index contributed by atoms with van der Waals surface area (Å²) in [5.41, 5.74) is 3.55. The standard InChI is InChI=1S/C19H21NO2/c1-2-14-7-9-15(10-8-14)12-20-19(21)17-11-16-5-3-4-6-18(16)22-13-17/h3-10,17H,2,11-13H2,1H3,(H,20,21)/t17-/m0/s1. The first kappa shape index (κ1) is 14.6. The lowest BCUT2D eigenvalue weighted by atomic mass is 9.96. The van der Waals surface area contributed by atoms with Gasteiger partial charge >= 0.3 is 0 Å². The summed E-state index contributed by atoms with van der Waals surface area (Å²) in [6.45, 7) is 3.16. The number of carbonyl (C=O) groups is 1. The van der Waals surface area contributed by atoms with Crippen molar-refractivity contribution in [2.75, 3.05) is 6.61 Å². The number of para-hydroxylation sites is 1. The van der Waals surface area contributed by atoms with E-state index < -0.39 is 0 Å². The van der Waals surface area contributed by atoms with Gasteiger partial charge in [-0.3, -0.25) is 4.79 Å². The van der Waals surface area contributed by atoms with E-state index in [1.54, 1.807) is 0 Å². The molecule has 1 amide bonds. The third-order valence-electron chi connectivity index (χ3n) is 4.15. The summed E-state index contributed by atoms with van der Waals surface area (Å²) in [7, 11) is 0. The largest absolute Gasteiger partial charge is 0.492 e. The van der Waals surface area contributed by atoms with Gasteiger partial charge in [0.05, 0.1) is 5.92 Å². The lowest BCUT2D eigenvalue weighted by molar-refractivity contribution is -0.126. The van der Waals surface area contributed by atoms with Gasteiger partial charge in [-0.1, -0.05) is 49.4 Å². The molecule has 0 aromatic heterocycles. The third-order valence-corrected chi connectivity index (χ3v) is 4.15. The van der Waals surface area contributed by atoms with Gasteiger partial charge in [0, 0.05) is 6.54 Å². The fraction of sp³-hybridized carbons (Fsp3) is 0.316. The Morgan fingerprint density at radius 1 is 1.14 bits per heavy atom. The first-order valence-electron chi connectivity index (χ1n) is 7.82. The summed E-state index contributed by atoms with van der Waals surface area (Å²) in [6, 6.07) is 16.3. The fourth-order valence-corrected chi connectivity index (χ4v) is 2.72. The molecule has 1 atom stereocenters. The zero-order chi connectivity index (χ0) is 15.4. The molecule has 1 N–H and O–H groups in total. The summed E-state index contributed by atoms with van der Waals surface area (Å²) in [6.07, 6.45) is 1.78. The third kappa shape index (κ3) is 3.30. The zero-order valence-corrected chi connectivity index (χ0v) is 12.8. The van der Waals surface area contributed by atoms with Crippen molar-refractivity contribution in [3.8, 4) is 5.75 Å². The molecule has 0 spiro atoms. The number of fused-ring (bicyclic) bond motifs is 1. The van der Waals surface area contributed by atoms with Crippen LogP contribution in [0.15, 0.2) is 48.5 Å². The van der Waals surface area contributed by atoms with Crippen LogP contribution < -0.4 is 10.1 Å². The average molecular weight is 295 g/mol. The fourth-order valence-electron chi connectivity index (χ4n) is 2.72. The summed E-state index contributed by atoms with van der Waals surface area (Å²) >= 11 is 0. The second-order valence-electron chi connectivity index (χ2n) is 5.71. The summed E-state index contributed by atoms with van der Waals surface area (Å²) in [5.74, 6) is 0.862. The zero-order valence-electron chi connectivity index (χ0n) is 12.8. The Bertz CT molecular complexity index is 649. The first-order chi connectivity index (χ1) is 10.8. The van der Waals surface area contributed by atoms with E-state index in [-0.39, 0.29) is 11.8 Å². The molecule has 3 heteroatoms. The Labute approximate surface area is 131 Å². The number of amides is 1. The molecule has 0 bridgehead atoms. The molecule has 3 nitrogen and oxygen atoms in total. The number of carbonyl (C=O) groups excluding carboxylic acids is 1. The molecule has 2 aromatic carbocycles. The topological polar surface area (TPSA) is 38.3 Å². The van der Waals surface area contributed by atoms with Crippen LogP contribution in [0.4, 0.5) is 0 Å². The number of ether oxygens (including phenoxy) is 1. The smallest absolute Gasteiger partial charge is 0.227 e. The highest BCUT2D eigenvalue weighted by molar-refractivity contribution is 5.79. The van der Waals surface area contributed by atoms with Gasteiger partial charge in [-0.05, 0) is 35.6 Å². The molecule has 1 aliphatic heterocycles.